The number of carbonyl (C=O) groups is 1. The lowest BCUT2D eigenvalue weighted by Crippen LogP contribution is -2.61. The average Bonchev–Trinajstić information content (AvgIpc) is 2.97. The molecule has 0 aliphatic carbocycles. The molecule has 0 bridgehead atoms. The smallest absolute Gasteiger partial charge is 0.331 e. The highest BCUT2D eigenvalue weighted by atomic mass is 16.7. The van der Waals surface area contributed by atoms with E-state index in [0.717, 1.165) is 18.2 Å². The molecule has 224 valence electrons. The Morgan fingerprint density at radius 2 is 1.53 bits per heavy atom. The van der Waals surface area contributed by atoms with E-state index in [1.165, 1.54) is 54.6 Å². The Morgan fingerprint density at radius 1 is 0.884 bits per heavy atom. The number of hydrogen-bond donors (Lipinski definition) is 7. The van der Waals surface area contributed by atoms with Gasteiger partial charge in [0.1, 0.15) is 46.2 Å². The molecule has 0 amide bonds. The van der Waals surface area contributed by atoms with E-state index in [0.29, 0.717) is 5.56 Å². The van der Waals surface area contributed by atoms with Crippen molar-refractivity contribution in [1.29, 1.82) is 0 Å². The average molecular weight is 595 g/mol. The topological polar surface area (TPSA) is 217 Å². The van der Waals surface area contributed by atoms with Crippen LogP contribution in [0.25, 0.3) is 28.4 Å². The lowest BCUT2D eigenvalue weighted by atomic mass is 9.99. The Balaban J connectivity index is 1.49. The molecular weight excluding hydrogens is 568 g/mol. The number of aliphatic hydroxyl groups is 3. The molecular formula is C30H26O13. The molecule has 5 atom stereocenters. The van der Waals surface area contributed by atoms with Gasteiger partial charge in [0.05, 0.1) is 6.61 Å². The van der Waals surface area contributed by atoms with Gasteiger partial charge in [-0.05, 0) is 48.0 Å². The van der Waals surface area contributed by atoms with Crippen LogP contribution in [0.2, 0.25) is 0 Å². The van der Waals surface area contributed by atoms with Crippen molar-refractivity contribution in [3.8, 4) is 40.1 Å². The normalized spacial score (nSPS) is 22.1. The number of benzene rings is 3. The molecule has 4 aromatic rings. The molecule has 3 aromatic carbocycles. The second kappa shape index (κ2) is 12.0. The Hall–Kier alpha value is -5.08. The van der Waals surface area contributed by atoms with E-state index in [-0.39, 0.29) is 33.8 Å². The fourth-order valence-electron chi connectivity index (χ4n) is 4.51. The van der Waals surface area contributed by atoms with Gasteiger partial charge in [-0.3, -0.25) is 4.79 Å². The van der Waals surface area contributed by atoms with Crippen LogP contribution in [-0.4, -0.2) is 79.0 Å². The molecule has 0 radical (unpaired) electrons. The molecule has 1 aliphatic rings. The first-order valence-electron chi connectivity index (χ1n) is 12.8. The van der Waals surface area contributed by atoms with Crippen LogP contribution in [0.1, 0.15) is 5.56 Å². The minimum Gasteiger partial charge on any atom is -0.508 e. The molecule has 13 nitrogen and oxygen atoms in total. The Labute approximate surface area is 242 Å². The first-order valence-corrected chi connectivity index (χ1v) is 12.8. The number of aromatic hydroxyl groups is 4. The van der Waals surface area contributed by atoms with Crippen molar-refractivity contribution < 1.29 is 59.2 Å². The van der Waals surface area contributed by atoms with Gasteiger partial charge in [0.2, 0.25) is 17.5 Å². The number of rotatable bonds is 7. The fourth-order valence-corrected chi connectivity index (χ4v) is 4.51. The SMILES string of the molecule is O=C(C=Cc1ccc(O)cc1)OC1C(O)C(CO)OC(Oc2c(-c3ccc(O)cc3)oc3cc(O)cc(O)c3c2=O)C1O. The Morgan fingerprint density at radius 3 is 2.19 bits per heavy atom. The van der Waals surface area contributed by atoms with Crippen LogP contribution in [0.5, 0.6) is 28.7 Å². The summed E-state index contributed by atoms with van der Waals surface area (Å²) in [5.74, 6) is -2.89. The summed E-state index contributed by atoms with van der Waals surface area (Å²) < 4.78 is 22.4. The number of phenols is 4. The van der Waals surface area contributed by atoms with Gasteiger partial charge >= 0.3 is 5.97 Å². The van der Waals surface area contributed by atoms with E-state index in [9.17, 15) is 45.3 Å². The van der Waals surface area contributed by atoms with Gasteiger partial charge < -0.3 is 54.4 Å². The third-order valence-corrected chi connectivity index (χ3v) is 6.66. The van der Waals surface area contributed by atoms with Gasteiger partial charge in [-0.25, -0.2) is 4.79 Å². The number of carbonyl (C=O) groups excluding carboxylic acids is 1. The molecule has 13 heteroatoms. The van der Waals surface area contributed by atoms with Crippen molar-refractivity contribution in [3.05, 3.63) is 82.5 Å². The Kier molecular flexibility index (Phi) is 8.23. The van der Waals surface area contributed by atoms with Crippen molar-refractivity contribution in [2.75, 3.05) is 6.61 Å². The van der Waals surface area contributed by atoms with Crippen molar-refractivity contribution in [2.24, 2.45) is 0 Å². The lowest BCUT2D eigenvalue weighted by Gasteiger charge is -2.41. The maximum absolute atomic E-state index is 13.6. The van der Waals surface area contributed by atoms with E-state index in [1.807, 2.05) is 0 Å². The molecule has 1 saturated heterocycles. The second-order valence-corrected chi connectivity index (χ2v) is 9.63. The van der Waals surface area contributed by atoms with Gasteiger partial charge in [0.15, 0.2) is 18.0 Å². The van der Waals surface area contributed by atoms with Crippen LogP contribution < -0.4 is 10.2 Å². The molecule has 1 aromatic heterocycles. The monoisotopic (exact) mass is 594 g/mol. The first kappa shape index (κ1) is 29.4. The molecule has 7 N–H and O–H groups in total. The molecule has 5 unspecified atom stereocenters. The van der Waals surface area contributed by atoms with Gasteiger partial charge in [-0.2, -0.15) is 0 Å². The number of hydrogen-bond acceptors (Lipinski definition) is 13. The third-order valence-electron chi connectivity index (χ3n) is 6.66. The third kappa shape index (κ3) is 6.10. The van der Waals surface area contributed by atoms with E-state index in [1.54, 1.807) is 0 Å². The predicted molar refractivity (Wildman–Crippen MR) is 148 cm³/mol. The van der Waals surface area contributed by atoms with Gasteiger partial charge in [0, 0.05) is 23.8 Å². The highest BCUT2D eigenvalue weighted by Gasteiger charge is 2.48. The van der Waals surface area contributed by atoms with Crippen molar-refractivity contribution >= 4 is 23.0 Å². The standard InChI is InChI=1S/C30H26O13/c31-13-21-24(37)28(42-22(36)10-3-14-1-6-16(32)7-2-14)26(39)30(41-21)43-29-25(38)23-19(35)11-18(34)12-20(23)40-27(29)15-4-8-17(33)9-5-15/h1-12,21,24,26,28,30-35,37,39H,13H2. The van der Waals surface area contributed by atoms with Crippen molar-refractivity contribution in [1.82, 2.24) is 0 Å². The molecule has 2 heterocycles. The summed E-state index contributed by atoms with van der Waals surface area (Å²) in [7, 11) is 0. The van der Waals surface area contributed by atoms with Gasteiger partial charge in [-0.1, -0.05) is 12.1 Å². The van der Waals surface area contributed by atoms with Crippen molar-refractivity contribution in [2.45, 2.75) is 30.7 Å². The summed E-state index contributed by atoms with van der Waals surface area (Å²) in [6, 6.07) is 13.3. The summed E-state index contributed by atoms with van der Waals surface area (Å²) in [5, 5.41) is 70.6. The summed E-state index contributed by atoms with van der Waals surface area (Å²) >= 11 is 0. The Bertz CT molecular complexity index is 1710. The number of phenolic OH excluding ortho intramolecular Hbond substituents is 4. The highest BCUT2D eigenvalue weighted by molar-refractivity contribution is 5.88. The van der Waals surface area contributed by atoms with Crippen LogP contribution in [0.4, 0.5) is 0 Å². The maximum atomic E-state index is 13.6. The van der Waals surface area contributed by atoms with Crippen LogP contribution in [-0.2, 0) is 14.3 Å². The maximum Gasteiger partial charge on any atom is 0.331 e. The summed E-state index contributed by atoms with van der Waals surface area (Å²) in [6.45, 7) is -0.789. The van der Waals surface area contributed by atoms with Crippen LogP contribution >= 0.6 is 0 Å². The lowest BCUT2D eigenvalue weighted by molar-refractivity contribution is -0.280. The predicted octanol–water partition coefficient (Wildman–Crippen LogP) is 1.73. The number of fused-ring (bicyclic) bond motifs is 1. The van der Waals surface area contributed by atoms with E-state index in [2.05, 4.69) is 0 Å². The summed E-state index contributed by atoms with van der Waals surface area (Å²) in [5.41, 5.74) is -0.395. The van der Waals surface area contributed by atoms with Crippen LogP contribution in [0, 0.1) is 0 Å². The van der Waals surface area contributed by atoms with Crippen LogP contribution in [0.15, 0.2) is 76.0 Å². The highest BCUT2D eigenvalue weighted by Crippen LogP contribution is 2.37. The fraction of sp³-hybridized carbons (Fsp3) is 0.200. The zero-order valence-electron chi connectivity index (χ0n) is 22.1. The molecule has 43 heavy (non-hydrogen) atoms. The summed E-state index contributed by atoms with van der Waals surface area (Å²) in [6.07, 6.45) is -6.15. The van der Waals surface area contributed by atoms with Gasteiger partial charge in [0.25, 0.3) is 0 Å². The molecule has 0 saturated carbocycles. The van der Waals surface area contributed by atoms with Gasteiger partial charge in [-0.15, -0.1) is 0 Å². The minimum atomic E-state index is -1.90. The second-order valence-electron chi connectivity index (χ2n) is 9.63. The minimum absolute atomic E-state index is 0.0247. The quantitative estimate of drug-likeness (QED) is 0.120. The largest absolute Gasteiger partial charge is 0.508 e. The zero-order valence-corrected chi connectivity index (χ0v) is 22.1. The molecule has 5 rings (SSSR count). The zero-order chi connectivity index (χ0) is 30.8. The van der Waals surface area contributed by atoms with E-state index >= 15 is 0 Å². The molecule has 0 spiro atoms. The number of ether oxygens (including phenoxy) is 3. The van der Waals surface area contributed by atoms with Crippen LogP contribution in [0.3, 0.4) is 0 Å². The van der Waals surface area contributed by atoms with E-state index < -0.39 is 66.0 Å². The van der Waals surface area contributed by atoms with Crippen molar-refractivity contribution in [3.63, 3.8) is 0 Å². The molecule has 1 fully saturated rings. The van der Waals surface area contributed by atoms with E-state index in [4.69, 9.17) is 18.6 Å². The first-order chi connectivity index (χ1) is 20.5. The number of aliphatic hydroxyl groups excluding tert-OH is 3. The number of esters is 1. The molecule has 1 aliphatic heterocycles. The summed E-state index contributed by atoms with van der Waals surface area (Å²) in [4.78, 5) is 26.2.